The van der Waals surface area contributed by atoms with Crippen LogP contribution >= 0.6 is 15.9 Å². The second-order valence-corrected chi connectivity index (χ2v) is 5.51. The summed E-state index contributed by atoms with van der Waals surface area (Å²) in [5.41, 5.74) is 0.677. The molecular formula is C12H17BrO2. The van der Waals surface area contributed by atoms with Gasteiger partial charge in [0.05, 0.1) is 13.2 Å². The van der Waals surface area contributed by atoms with Crippen LogP contribution in [0, 0.1) is 5.41 Å². The first-order chi connectivity index (χ1) is 6.86. The lowest BCUT2D eigenvalue weighted by atomic mass is 9.85. The summed E-state index contributed by atoms with van der Waals surface area (Å²) in [5, 5.41) is 10.2. The number of halogens is 1. The van der Waals surface area contributed by atoms with Gasteiger partial charge >= 0.3 is 0 Å². The molecule has 0 heterocycles. The summed E-state index contributed by atoms with van der Waals surface area (Å²) in [7, 11) is 1.62. The van der Waals surface area contributed by atoms with Crippen molar-refractivity contribution in [3.63, 3.8) is 0 Å². The van der Waals surface area contributed by atoms with E-state index < -0.39 is 6.10 Å². The molecule has 0 amide bonds. The number of hydrogen-bond acceptors (Lipinski definition) is 2. The average Bonchev–Trinajstić information content (AvgIpc) is 2.16. The highest BCUT2D eigenvalue weighted by Gasteiger charge is 2.25. The summed E-state index contributed by atoms with van der Waals surface area (Å²) in [4.78, 5) is 0. The topological polar surface area (TPSA) is 29.5 Å². The quantitative estimate of drug-likeness (QED) is 0.893. The minimum absolute atomic E-state index is 0.186. The Bertz CT molecular complexity index is 342. The number of methoxy groups -OCH3 is 1. The van der Waals surface area contributed by atoms with Crippen molar-refractivity contribution in [1.82, 2.24) is 0 Å². The predicted octanol–water partition coefficient (Wildman–Crippen LogP) is 3.54. The molecule has 0 fully saturated rings. The standard InChI is InChI=1S/C12H17BrO2/c1-12(2,3)11(14)9-7-8(15-4)5-6-10(9)13/h5-7,11,14H,1-4H3. The fourth-order valence-electron chi connectivity index (χ4n) is 1.32. The maximum Gasteiger partial charge on any atom is 0.119 e. The van der Waals surface area contributed by atoms with Gasteiger partial charge in [-0.05, 0) is 29.2 Å². The highest BCUT2D eigenvalue weighted by atomic mass is 79.9. The Morgan fingerprint density at radius 2 is 1.93 bits per heavy atom. The molecule has 0 saturated carbocycles. The first-order valence-corrected chi connectivity index (χ1v) is 5.67. The Hall–Kier alpha value is -0.540. The number of aliphatic hydroxyl groups excluding tert-OH is 1. The molecular weight excluding hydrogens is 256 g/mol. The van der Waals surface area contributed by atoms with Crippen LogP contribution in [-0.4, -0.2) is 12.2 Å². The maximum atomic E-state index is 10.2. The van der Waals surface area contributed by atoms with Gasteiger partial charge < -0.3 is 9.84 Å². The van der Waals surface area contributed by atoms with Crippen molar-refractivity contribution in [3.05, 3.63) is 28.2 Å². The molecule has 1 atom stereocenters. The molecule has 1 aromatic rings. The molecule has 0 radical (unpaired) electrons. The number of hydrogen-bond donors (Lipinski definition) is 1. The van der Waals surface area contributed by atoms with Crippen molar-refractivity contribution >= 4 is 15.9 Å². The van der Waals surface area contributed by atoms with E-state index in [1.54, 1.807) is 7.11 Å². The lowest BCUT2D eigenvalue weighted by Crippen LogP contribution is -2.18. The number of rotatable bonds is 2. The van der Waals surface area contributed by atoms with Gasteiger partial charge in [-0.2, -0.15) is 0 Å². The minimum Gasteiger partial charge on any atom is -0.497 e. The number of ether oxygens (including phenoxy) is 1. The zero-order chi connectivity index (χ0) is 11.6. The van der Waals surface area contributed by atoms with Crippen LogP contribution in [0.4, 0.5) is 0 Å². The van der Waals surface area contributed by atoms with Gasteiger partial charge in [-0.1, -0.05) is 36.7 Å². The smallest absolute Gasteiger partial charge is 0.119 e. The summed E-state index contributed by atoms with van der Waals surface area (Å²) < 4.78 is 6.05. The van der Waals surface area contributed by atoms with Crippen LogP contribution < -0.4 is 4.74 Å². The zero-order valence-electron chi connectivity index (χ0n) is 9.54. The minimum atomic E-state index is -0.512. The molecule has 3 heteroatoms. The largest absolute Gasteiger partial charge is 0.497 e. The molecule has 0 aliphatic carbocycles. The highest BCUT2D eigenvalue weighted by molar-refractivity contribution is 9.10. The van der Waals surface area contributed by atoms with E-state index in [0.29, 0.717) is 0 Å². The molecule has 1 unspecified atom stereocenters. The summed E-state index contributed by atoms with van der Waals surface area (Å²) in [5.74, 6) is 0.761. The first-order valence-electron chi connectivity index (χ1n) is 4.87. The van der Waals surface area contributed by atoms with Gasteiger partial charge in [0.15, 0.2) is 0 Å². The van der Waals surface area contributed by atoms with Crippen LogP contribution in [0.1, 0.15) is 32.4 Å². The molecule has 0 saturated heterocycles. The van der Waals surface area contributed by atoms with E-state index in [1.165, 1.54) is 0 Å². The Morgan fingerprint density at radius 3 is 2.40 bits per heavy atom. The first kappa shape index (κ1) is 12.5. The van der Waals surface area contributed by atoms with E-state index in [2.05, 4.69) is 15.9 Å². The molecule has 0 aliphatic heterocycles. The highest BCUT2D eigenvalue weighted by Crippen LogP contribution is 2.37. The van der Waals surface area contributed by atoms with Crippen molar-refractivity contribution in [2.75, 3.05) is 7.11 Å². The fraction of sp³-hybridized carbons (Fsp3) is 0.500. The third-order valence-corrected chi connectivity index (χ3v) is 3.04. The van der Waals surface area contributed by atoms with Crippen LogP contribution in [0.3, 0.4) is 0 Å². The zero-order valence-corrected chi connectivity index (χ0v) is 11.1. The van der Waals surface area contributed by atoms with Gasteiger partial charge in [-0.25, -0.2) is 0 Å². The number of benzene rings is 1. The molecule has 0 aromatic heterocycles. The van der Waals surface area contributed by atoms with Crippen LogP contribution in [0.2, 0.25) is 0 Å². The number of aliphatic hydroxyl groups is 1. The summed E-state index contributed by atoms with van der Waals surface area (Å²) in [6, 6.07) is 5.62. The summed E-state index contributed by atoms with van der Waals surface area (Å²) in [6.45, 7) is 6.01. The van der Waals surface area contributed by atoms with Crippen LogP contribution in [-0.2, 0) is 0 Å². The normalized spacial score (nSPS) is 13.7. The van der Waals surface area contributed by atoms with Gasteiger partial charge in [0.2, 0.25) is 0 Å². The van der Waals surface area contributed by atoms with Crippen LogP contribution in [0.5, 0.6) is 5.75 Å². The lowest BCUT2D eigenvalue weighted by Gasteiger charge is -2.27. The van der Waals surface area contributed by atoms with E-state index in [0.717, 1.165) is 15.8 Å². The Labute approximate surface area is 99.4 Å². The van der Waals surface area contributed by atoms with E-state index >= 15 is 0 Å². The second kappa shape index (κ2) is 4.54. The fourth-order valence-corrected chi connectivity index (χ4v) is 1.79. The molecule has 0 aliphatic rings. The lowest BCUT2D eigenvalue weighted by molar-refractivity contribution is 0.0619. The van der Waals surface area contributed by atoms with Gasteiger partial charge in [0.25, 0.3) is 0 Å². The Balaban J connectivity index is 3.12. The maximum absolute atomic E-state index is 10.2. The van der Waals surface area contributed by atoms with Gasteiger partial charge in [-0.15, -0.1) is 0 Å². The second-order valence-electron chi connectivity index (χ2n) is 4.66. The molecule has 15 heavy (non-hydrogen) atoms. The summed E-state index contributed by atoms with van der Waals surface area (Å²) >= 11 is 3.44. The Kier molecular flexibility index (Phi) is 3.79. The molecule has 1 rings (SSSR count). The van der Waals surface area contributed by atoms with E-state index in [9.17, 15) is 5.11 Å². The predicted molar refractivity (Wildman–Crippen MR) is 65.1 cm³/mol. The van der Waals surface area contributed by atoms with Crippen molar-refractivity contribution in [3.8, 4) is 5.75 Å². The monoisotopic (exact) mass is 272 g/mol. The molecule has 1 aromatic carbocycles. The van der Waals surface area contributed by atoms with Crippen molar-refractivity contribution in [2.24, 2.45) is 5.41 Å². The van der Waals surface area contributed by atoms with E-state index in [-0.39, 0.29) is 5.41 Å². The third kappa shape index (κ3) is 2.95. The van der Waals surface area contributed by atoms with Crippen molar-refractivity contribution in [2.45, 2.75) is 26.9 Å². The van der Waals surface area contributed by atoms with E-state index in [4.69, 9.17) is 4.74 Å². The van der Waals surface area contributed by atoms with Crippen molar-refractivity contribution in [1.29, 1.82) is 0 Å². The molecule has 1 N–H and O–H groups in total. The summed E-state index contributed by atoms with van der Waals surface area (Å²) in [6.07, 6.45) is -0.512. The van der Waals surface area contributed by atoms with Crippen molar-refractivity contribution < 1.29 is 9.84 Å². The third-order valence-electron chi connectivity index (χ3n) is 2.32. The molecule has 2 nitrogen and oxygen atoms in total. The molecule has 0 spiro atoms. The SMILES string of the molecule is COc1ccc(Br)c(C(O)C(C)(C)C)c1. The van der Waals surface area contributed by atoms with Gasteiger partial charge in [-0.3, -0.25) is 0 Å². The molecule has 84 valence electrons. The molecule has 0 bridgehead atoms. The Morgan fingerprint density at radius 1 is 1.33 bits per heavy atom. The van der Waals surface area contributed by atoms with E-state index in [1.807, 2.05) is 39.0 Å². The van der Waals surface area contributed by atoms with Gasteiger partial charge in [0.1, 0.15) is 5.75 Å². The average molecular weight is 273 g/mol. The van der Waals surface area contributed by atoms with Crippen LogP contribution in [0.25, 0.3) is 0 Å². The van der Waals surface area contributed by atoms with Crippen LogP contribution in [0.15, 0.2) is 22.7 Å². The van der Waals surface area contributed by atoms with Gasteiger partial charge in [0, 0.05) is 4.47 Å².